The third kappa shape index (κ3) is 4.09. The van der Waals surface area contributed by atoms with Crippen LogP contribution in [0.5, 0.6) is 5.75 Å². The van der Waals surface area contributed by atoms with Crippen molar-refractivity contribution in [2.45, 2.75) is 19.7 Å². The van der Waals surface area contributed by atoms with Gasteiger partial charge in [0.2, 0.25) is 0 Å². The second-order valence-corrected chi connectivity index (χ2v) is 3.70. The zero-order chi connectivity index (χ0) is 13.8. The van der Waals surface area contributed by atoms with Gasteiger partial charge in [0.25, 0.3) is 0 Å². The summed E-state index contributed by atoms with van der Waals surface area (Å²) >= 11 is 0. The molecule has 0 N–H and O–H groups in total. The van der Waals surface area contributed by atoms with E-state index in [9.17, 15) is 18.0 Å². The third-order valence-corrected chi connectivity index (χ3v) is 2.13. The highest BCUT2D eigenvalue weighted by molar-refractivity contribution is 5.98. The van der Waals surface area contributed by atoms with Gasteiger partial charge in [-0.1, -0.05) is 12.1 Å². The van der Waals surface area contributed by atoms with Crippen molar-refractivity contribution < 1.29 is 22.7 Å². The van der Waals surface area contributed by atoms with Crippen LogP contribution in [0.15, 0.2) is 24.3 Å². The van der Waals surface area contributed by atoms with Crippen LogP contribution in [0.2, 0.25) is 0 Å². The van der Waals surface area contributed by atoms with Crippen LogP contribution < -0.4 is 4.74 Å². The number of hydrogen-bond donors (Lipinski definition) is 0. The maximum Gasteiger partial charge on any atom is 0.573 e. The molecule has 1 rings (SSSR count). The van der Waals surface area contributed by atoms with E-state index in [1.165, 1.54) is 25.1 Å². The van der Waals surface area contributed by atoms with Gasteiger partial charge in [-0.25, -0.2) is 0 Å². The smallest absolute Gasteiger partial charge is 0.405 e. The molecule has 96 valence electrons. The van der Waals surface area contributed by atoms with E-state index in [2.05, 4.69) is 4.74 Å². The Bertz CT molecular complexity index is 477. The van der Waals surface area contributed by atoms with Crippen molar-refractivity contribution >= 4 is 5.78 Å². The number of carbonyl (C=O) groups excluding carboxylic acids is 1. The van der Waals surface area contributed by atoms with Crippen molar-refractivity contribution in [3.8, 4) is 11.8 Å². The molecule has 1 unspecified atom stereocenters. The Morgan fingerprint density at radius 2 is 2.06 bits per heavy atom. The van der Waals surface area contributed by atoms with Gasteiger partial charge in [0.1, 0.15) is 5.75 Å². The molecule has 0 aliphatic heterocycles. The van der Waals surface area contributed by atoms with Crippen molar-refractivity contribution in [2.75, 3.05) is 0 Å². The minimum absolute atomic E-state index is 0.144. The summed E-state index contributed by atoms with van der Waals surface area (Å²) in [6.07, 6.45) is -4.99. The van der Waals surface area contributed by atoms with E-state index in [-0.39, 0.29) is 12.0 Å². The number of rotatable bonds is 4. The fourth-order valence-corrected chi connectivity index (χ4v) is 1.34. The first kappa shape index (κ1) is 14.0. The van der Waals surface area contributed by atoms with E-state index in [0.717, 1.165) is 6.07 Å². The highest BCUT2D eigenvalue weighted by Gasteiger charge is 2.32. The fraction of sp³-hybridized carbons (Fsp3) is 0.333. The van der Waals surface area contributed by atoms with Gasteiger partial charge in [0.15, 0.2) is 5.78 Å². The van der Waals surface area contributed by atoms with Crippen LogP contribution in [-0.2, 0) is 0 Å². The molecule has 0 spiro atoms. The minimum atomic E-state index is -4.85. The lowest BCUT2D eigenvalue weighted by atomic mass is 10.0. The molecule has 1 aromatic rings. The van der Waals surface area contributed by atoms with E-state index in [1.807, 2.05) is 6.07 Å². The monoisotopic (exact) mass is 257 g/mol. The predicted octanol–water partition coefficient (Wildman–Crippen LogP) is 3.32. The van der Waals surface area contributed by atoms with E-state index < -0.39 is 23.8 Å². The van der Waals surface area contributed by atoms with Crippen LogP contribution in [0.3, 0.4) is 0 Å². The first-order chi connectivity index (χ1) is 8.33. The molecule has 0 saturated heterocycles. The molecule has 0 amide bonds. The van der Waals surface area contributed by atoms with E-state index in [0.29, 0.717) is 0 Å². The van der Waals surface area contributed by atoms with Crippen LogP contribution in [0, 0.1) is 17.2 Å². The Morgan fingerprint density at radius 1 is 1.44 bits per heavy atom. The molecule has 3 nitrogen and oxygen atoms in total. The summed E-state index contributed by atoms with van der Waals surface area (Å²) < 4.78 is 40.1. The number of Topliss-reactive ketones (excluding diaryl/α,β-unsaturated/α-hetero) is 1. The second kappa shape index (κ2) is 5.54. The maximum absolute atomic E-state index is 12.1. The number of nitrogens with zero attached hydrogens (tertiary/aromatic N) is 1. The SMILES string of the molecule is CC(C#N)CC(=O)c1ccccc1OC(F)(F)F. The first-order valence-corrected chi connectivity index (χ1v) is 5.11. The van der Waals surface area contributed by atoms with Gasteiger partial charge in [-0.2, -0.15) is 5.26 Å². The minimum Gasteiger partial charge on any atom is -0.405 e. The molecule has 6 heteroatoms. The molecule has 0 fully saturated rings. The standard InChI is InChI=1S/C12H10F3NO2/c1-8(7-16)6-10(17)9-4-2-3-5-11(9)18-12(13,14)15/h2-5,8H,6H2,1H3. The van der Waals surface area contributed by atoms with Crippen LogP contribution in [0.25, 0.3) is 0 Å². The predicted molar refractivity (Wildman–Crippen MR) is 56.8 cm³/mol. The Kier molecular flexibility index (Phi) is 4.32. The Morgan fingerprint density at radius 3 is 2.61 bits per heavy atom. The van der Waals surface area contributed by atoms with Crippen molar-refractivity contribution in [3.05, 3.63) is 29.8 Å². The van der Waals surface area contributed by atoms with Crippen LogP contribution in [0.1, 0.15) is 23.7 Å². The quantitative estimate of drug-likeness (QED) is 0.777. The van der Waals surface area contributed by atoms with Gasteiger partial charge in [0.05, 0.1) is 17.6 Å². The van der Waals surface area contributed by atoms with Crippen molar-refractivity contribution in [3.63, 3.8) is 0 Å². The zero-order valence-corrected chi connectivity index (χ0v) is 9.49. The molecule has 0 aliphatic rings. The van der Waals surface area contributed by atoms with Gasteiger partial charge in [-0.15, -0.1) is 13.2 Å². The number of nitriles is 1. The second-order valence-electron chi connectivity index (χ2n) is 3.70. The van der Waals surface area contributed by atoms with Crippen molar-refractivity contribution in [1.82, 2.24) is 0 Å². The van der Waals surface area contributed by atoms with E-state index >= 15 is 0 Å². The number of halogens is 3. The van der Waals surface area contributed by atoms with E-state index in [1.54, 1.807) is 0 Å². The molecular weight excluding hydrogens is 247 g/mol. The summed E-state index contributed by atoms with van der Waals surface area (Å²) in [5, 5.41) is 8.57. The summed E-state index contributed by atoms with van der Waals surface area (Å²) in [7, 11) is 0. The number of para-hydroxylation sites is 1. The lowest BCUT2D eigenvalue weighted by Gasteiger charge is -2.12. The zero-order valence-electron chi connectivity index (χ0n) is 9.49. The topological polar surface area (TPSA) is 50.1 Å². The number of benzene rings is 1. The Labute approximate surface area is 102 Å². The summed E-state index contributed by atoms with van der Waals surface area (Å²) in [4.78, 5) is 11.7. The van der Waals surface area contributed by atoms with Crippen LogP contribution in [0.4, 0.5) is 13.2 Å². The number of alkyl halides is 3. The molecule has 18 heavy (non-hydrogen) atoms. The van der Waals surface area contributed by atoms with Crippen LogP contribution in [-0.4, -0.2) is 12.1 Å². The molecule has 0 aliphatic carbocycles. The summed E-state index contributed by atoms with van der Waals surface area (Å²) in [5.41, 5.74) is -0.170. The van der Waals surface area contributed by atoms with Gasteiger partial charge in [-0.3, -0.25) is 4.79 Å². The lowest BCUT2D eigenvalue weighted by Crippen LogP contribution is -2.19. The average molecular weight is 257 g/mol. The Hall–Kier alpha value is -2.03. The molecule has 0 radical (unpaired) electrons. The molecule has 0 bridgehead atoms. The summed E-state index contributed by atoms with van der Waals surface area (Å²) in [5.74, 6) is -1.65. The summed E-state index contributed by atoms with van der Waals surface area (Å²) in [6, 6.07) is 6.94. The number of hydrogen-bond acceptors (Lipinski definition) is 3. The van der Waals surface area contributed by atoms with Gasteiger partial charge in [-0.05, 0) is 19.1 Å². The molecule has 0 aromatic heterocycles. The average Bonchev–Trinajstić information content (AvgIpc) is 2.27. The molecule has 0 saturated carbocycles. The van der Waals surface area contributed by atoms with Crippen molar-refractivity contribution in [1.29, 1.82) is 5.26 Å². The summed E-state index contributed by atoms with van der Waals surface area (Å²) in [6.45, 7) is 1.52. The number of ether oxygens (including phenoxy) is 1. The number of ketones is 1. The molecule has 1 atom stereocenters. The highest BCUT2D eigenvalue weighted by Crippen LogP contribution is 2.27. The fourth-order valence-electron chi connectivity index (χ4n) is 1.34. The van der Waals surface area contributed by atoms with E-state index in [4.69, 9.17) is 5.26 Å². The van der Waals surface area contributed by atoms with Gasteiger partial charge in [0, 0.05) is 6.42 Å². The highest BCUT2D eigenvalue weighted by atomic mass is 19.4. The Balaban J connectivity index is 2.95. The maximum atomic E-state index is 12.1. The third-order valence-electron chi connectivity index (χ3n) is 2.13. The first-order valence-electron chi connectivity index (χ1n) is 5.11. The molecule has 1 aromatic carbocycles. The normalized spacial score (nSPS) is 12.6. The van der Waals surface area contributed by atoms with Gasteiger partial charge < -0.3 is 4.74 Å². The number of carbonyl (C=O) groups is 1. The molecule has 0 heterocycles. The van der Waals surface area contributed by atoms with Crippen molar-refractivity contribution in [2.24, 2.45) is 5.92 Å². The molecular formula is C12H10F3NO2. The van der Waals surface area contributed by atoms with Gasteiger partial charge >= 0.3 is 6.36 Å². The lowest BCUT2D eigenvalue weighted by molar-refractivity contribution is -0.274. The largest absolute Gasteiger partial charge is 0.573 e. The van der Waals surface area contributed by atoms with Crippen LogP contribution >= 0.6 is 0 Å².